The van der Waals surface area contributed by atoms with E-state index in [1.165, 1.54) is 38.1 Å². The first-order chi connectivity index (χ1) is 13.5. The molecule has 154 valence electrons. The predicted molar refractivity (Wildman–Crippen MR) is 109 cm³/mol. The van der Waals surface area contributed by atoms with Gasteiger partial charge in [0.1, 0.15) is 16.8 Å². The lowest BCUT2D eigenvalue weighted by atomic mass is 9.94. The van der Waals surface area contributed by atoms with Crippen LogP contribution in [0.3, 0.4) is 0 Å². The fourth-order valence-electron chi connectivity index (χ4n) is 3.47. The highest BCUT2D eigenvalue weighted by atomic mass is 32.2. The van der Waals surface area contributed by atoms with Crippen molar-refractivity contribution < 1.29 is 17.2 Å². The highest BCUT2D eigenvalue weighted by Crippen LogP contribution is 2.47. The number of alkyl halides is 1. The van der Waals surface area contributed by atoms with Crippen LogP contribution in [0.2, 0.25) is 0 Å². The first kappa shape index (κ1) is 20.0. The fourth-order valence-corrected chi connectivity index (χ4v) is 6.68. The second kappa shape index (κ2) is 6.63. The number of aromatic nitrogens is 3. The number of nitrogens with zero attached hydrogens (tertiary/aromatic N) is 3. The molecule has 29 heavy (non-hydrogen) atoms. The van der Waals surface area contributed by atoms with Gasteiger partial charge in [0, 0.05) is 22.9 Å². The second-order valence-corrected chi connectivity index (χ2v) is 11.6. The van der Waals surface area contributed by atoms with Gasteiger partial charge in [-0.1, -0.05) is 0 Å². The third-order valence-corrected chi connectivity index (χ3v) is 9.79. The zero-order valence-corrected chi connectivity index (χ0v) is 17.6. The Balaban J connectivity index is 1.61. The minimum atomic E-state index is -3.63. The SMILES string of the molecule is CC1(C)C(=N)N[C@](C)(C2SC(c3cncc(-c4nnco4)c3)=CC2F)CS1(=O)=O. The minimum Gasteiger partial charge on any atom is -0.423 e. The summed E-state index contributed by atoms with van der Waals surface area (Å²) in [6.07, 6.45) is 4.47. The van der Waals surface area contributed by atoms with Gasteiger partial charge in [0.15, 0.2) is 9.84 Å². The van der Waals surface area contributed by atoms with Gasteiger partial charge in [0.05, 0.1) is 22.1 Å². The lowest BCUT2D eigenvalue weighted by Crippen LogP contribution is -2.69. The van der Waals surface area contributed by atoms with E-state index in [-0.39, 0.29) is 11.6 Å². The molecule has 3 atom stereocenters. The number of amidine groups is 1. The summed E-state index contributed by atoms with van der Waals surface area (Å²) in [6.45, 7) is 4.64. The summed E-state index contributed by atoms with van der Waals surface area (Å²) in [6, 6.07) is 1.77. The molecule has 0 amide bonds. The molecule has 0 bridgehead atoms. The van der Waals surface area contributed by atoms with Crippen molar-refractivity contribution in [3.63, 3.8) is 0 Å². The molecule has 0 aromatic carbocycles. The maximum atomic E-state index is 15.0. The molecular formula is C18H20FN5O3S2. The van der Waals surface area contributed by atoms with Crippen LogP contribution in [0, 0.1) is 5.41 Å². The standard InChI is InChI=1S/C18H20FN5O3S2/c1-17(2)16(20)23-18(3,8-29(17,25)26)14-12(19)5-13(28-14)10-4-11(7-21-6-10)15-24-22-9-27-15/h4-7,9,12,14H,8H2,1-3H3,(H2,20,23)/t12?,14?,18-/m0/s1. The van der Waals surface area contributed by atoms with Gasteiger partial charge in [-0.2, -0.15) is 0 Å². The molecule has 2 aromatic rings. The van der Waals surface area contributed by atoms with Gasteiger partial charge in [-0.05, 0) is 32.9 Å². The van der Waals surface area contributed by atoms with E-state index in [4.69, 9.17) is 9.83 Å². The van der Waals surface area contributed by atoms with Gasteiger partial charge in [-0.25, -0.2) is 12.8 Å². The number of hydrogen-bond acceptors (Lipinski definition) is 8. The molecule has 1 saturated heterocycles. The van der Waals surface area contributed by atoms with Crippen molar-refractivity contribution in [3.05, 3.63) is 36.5 Å². The van der Waals surface area contributed by atoms with Crippen molar-refractivity contribution in [3.8, 4) is 11.5 Å². The van der Waals surface area contributed by atoms with Crippen LogP contribution in [0.4, 0.5) is 4.39 Å². The third-order valence-electron chi connectivity index (χ3n) is 5.39. The third kappa shape index (κ3) is 3.25. The summed E-state index contributed by atoms with van der Waals surface area (Å²) < 4.78 is 44.4. The molecule has 4 rings (SSSR count). The van der Waals surface area contributed by atoms with Gasteiger partial charge < -0.3 is 9.73 Å². The Kier molecular flexibility index (Phi) is 4.57. The Morgan fingerprint density at radius 1 is 1.31 bits per heavy atom. The monoisotopic (exact) mass is 437 g/mol. The summed E-state index contributed by atoms with van der Waals surface area (Å²) in [5.74, 6) is -0.0685. The first-order valence-corrected chi connectivity index (χ1v) is 11.4. The summed E-state index contributed by atoms with van der Waals surface area (Å²) in [4.78, 5) is 4.82. The average Bonchev–Trinajstić information content (AvgIpc) is 3.30. The van der Waals surface area contributed by atoms with Crippen molar-refractivity contribution in [1.82, 2.24) is 20.5 Å². The quantitative estimate of drug-likeness (QED) is 0.751. The Morgan fingerprint density at radius 3 is 2.69 bits per heavy atom. The molecule has 11 heteroatoms. The molecule has 2 N–H and O–H groups in total. The van der Waals surface area contributed by atoms with Gasteiger partial charge in [0.2, 0.25) is 12.3 Å². The molecule has 1 fully saturated rings. The molecule has 8 nitrogen and oxygen atoms in total. The summed E-state index contributed by atoms with van der Waals surface area (Å²) in [5, 5.41) is 17.9. The molecule has 2 aromatic heterocycles. The van der Waals surface area contributed by atoms with Crippen LogP contribution in [0.25, 0.3) is 16.4 Å². The van der Waals surface area contributed by atoms with E-state index in [0.717, 1.165) is 0 Å². The van der Waals surface area contributed by atoms with Crippen LogP contribution in [0.15, 0.2) is 35.3 Å². The first-order valence-electron chi connectivity index (χ1n) is 8.87. The number of hydrogen-bond donors (Lipinski definition) is 2. The van der Waals surface area contributed by atoms with E-state index in [9.17, 15) is 8.42 Å². The maximum absolute atomic E-state index is 15.0. The topological polar surface area (TPSA) is 122 Å². The van der Waals surface area contributed by atoms with Crippen LogP contribution in [-0.2, 0) is 9.84 Å². The molecule has 4 heterocycles. The number of nitrogens with one attached hydrogen (secondary N) is 2. The number of rotatable bonds is 3. The second-order valence-electron chi connectivity index (χ2n) is 7.91. The Hall–Kier alpha value is -2.27. The van der Waals surface area contributed by atoms with Crippen molar-refractivity contribution in [2.75, 3.05) is 5.75 Å². The van der Waals surface area contributed by atoms with Crippen LogP contribution in [0.1, 0.15) is 26.3 Å². The van der Waals surface area contributed by atoms with E-state index in [2.05, 4.69) is 20.5 Å². The van der Waals surface area contributed by atoms with Gasteiger partial charge >= 0.3 is 0 Å². The summed E-state index contributed by atoms with van der Waals surface area (Å²) in [7, 11) is -3.63. The van der Waals surface area contributed by atoms with E-state index in [1.807, 2.05) is 0 Å². The molecule has 0 aliphatic carbocycles. The van der Waals surface area contributed by atoms with Crippen LogP contribution in [-0.4, -0.2) is 56.9 Å². The van der Waals surface area contributed by atoms with Crippen molar-refractivity contribution in [2.45, 2.75) is 42.5 Å². The number of pyridine rings is 1. The van der Waals surface area contributed by atoms with Crippen LogP contribution >= 0.6 is 11.8 Å². The molecule has 0 spiro atoms. The zero-order valence-electron chi connectivity index (χ0n) is 16.0. The number of allylic oxidation sites excluding steroid dienone is 1. The molecule has 2 aliphatic rings. The van der Waals surface area contributed by atoms with Crippen LogP contribution in [0.5, 0.6) is 0 Å². The van der Waals surface area contributed by atoms with Gasteiger partial charge in [-0.3, -0.25) is 10.4 Å². The lowest BCUT2D eigenvalue weighted by molar-refractivity contribution is 0.304. The summed E-state index contributed by atoms with van der Waals surface area (Å²) in [5.41, 5.74) is 0.160. The Morgan fingerprint density at radius 2 is 2.03 bits per heavy atom. The van der Waals surface area contributed by atoms with Crippen molar-refractivity contribution in [1.29, 1.82) is 5.41 Å². The molecule has 0 radical (unpaired) electrons. The zero-order chi connectivity index (χ0) is 21.0. The Labute approximate surface area is 171 Å². The number of thioether (sulfide) groups is 1. The molecule has 0 saturated carbocycles. The number of halogens is 1. The van der Waals surface area contributed by atoms with Gasteiger partial charge in [0.25, 0.3) is 0 Å². The van der Waals surface area contributed by atoms with Crippen LogP contribution < -0.4 is 5.32 Å². The largest absolute Gasteiger partial charge is 0.423 e. The highest BCUT2D eigenvalue weighted by Gasteiger charge is 2.55. The van der Waals surface area contributed by atoms with Crippen molar-refractivity contribution >= 4 is 32.3 Å². The van der Waals surface area contributed by atoms with Crippen molar-refractivity contribution in [2.24, 2.45) is 0 Å². The van der Waals surface area contributed by atoms with E-state index < -0.39 is 31.5 Å². The average molecular weight is 438 g/mol. The van der Waals surface area contributed by atoms with E-state index in [0.29, 0.717) is 21.9 Å². The van der Waals surface area contributed by atoms with E-state index >= 15 is 4.39 Å². The number of sulfone groups is 1. The fraction of sp³-hybridized carbons (Fsp3) is 0.444. The normalized spacial score (nSPS) is 30.6. The molecular weight excluding hydrogens is 417 g/mol. The summed E-state index contributed by atoms with van der Waals surface area (Å²) >= 11 is 1.24. The minimum absolute atomic E-state index is 0.118. The van der Waals surface area contributed by atoms with Gasteiger partial charge in [-0.15, -0.1) is 22.0 Å². The van der Waals surface area contributed by atoms with E-state index in [1.54, 1.807) is 25.4 Å². The maximum Gasteiger partial charge on any atom is 0.249 e. The molecule has 2 aliphatic heterocycles. The predicted octanol–water partition coefficient (Wildman–Crippen LogP) is 2.46. The lowest BCUT2D eigenvalue weighted by Gasteiger charge is -2.46. The smallest absolute Gasteiger partial charge is 0.249 e. The molecule has 2 unspecified atom stereocenters. The Bertz CT molecular complexity index is 1100. The highest BCUT2D eigenvalue weighted by molar-refractivity contribution is 8.09.